The molecule has 1 aliphatic carbocycles. The van der Waals surface area contributed by atoms with Crippen molar-refractivity contribution in [1.82, 2.24) is 9.97 Å². The maximum Gasteiger partial charge on any atom is 0.228 e. The number of aromatic amines is 1. The number of rotatable bonds is 8. The van der Waals surface area contributed by atoms with Crippen molar-refractivity contribution < 1.29 is 4.79 Å². The molecule has 0 saturated heterocycles. The first-order chi connectivity index (χ1) is 16.6. The molecule has 1 amide bonds. The van der Waals surface area contributed by atoms with Gasteiger partial charge >= 0.3 is 0 Å². The first-order valence-electron chi connectivity index (χ1n) is 10.8. The normalized spacial score (nSPS) is 13.3. The topological polar surface area (TPSA) is 137 Å². The van der Waals surface area contributed by atoms with E-state index in [-0.39, 0.29) is 11.8 Å². The van der Waals surface area contributed by atoms with Crippen LogP contribution in [0.4, 0.5) is 17.2 Å². The summed E-state index contributed by atoms with van der Waals surface area (Å²) in [5.74, 6) is 11.7. The monoisotopic (exact) mass is 472 g/mol. The molecular formula is C24H24N8OS. The van der Waals surface area contributed by atoms with Crippen molar-refractivity contribution in [2.75, 3.05) is 15.0 Å². The third-order valence-electron chi connectivity index (χ3n) is 5.54. The van der Waals surface area contributed by atoms with E-state index in [1.54, 1.807) is 0 Å². The maximum absolute atomic E-state index is 12.2. The molecule has 1 aliphatic rings. The average molecular weight is 473 g/mol. The average Bonchev–Trinajstić information content (AvgIpc) is 3.61. The molecule has 0 unspecified atom stereocenters. The number of pyridine rings is 1. The minimum Gasteiger partial charge on any atom is -0.346 e. The lowest BCUT2D eigenvalue weighted by atomic mass is 10.0. The molecule has 0 spiro atoms. The van der Waals surface area contributed by atoms with Crippen LogP contribution >= 0.6 is 11.9 Å². The van der Waals surface area contributed by atoms with Crippen LogP contribution in [0, 0.1) is 5.92 Å². The quantitative estimate of drug-likeness (QED) is 0.0848. The molecule has 0 bridgehead atoms. The fraction of sp³-hybridized carbons (Fsp3) is 0.125. The summed E-state index contributed by atoms with van der Waals surface area (Å²) < 4.78 is 3.35. The lowest BCUT2D eigenvalue weighted by Gasteiger charge is -2.13. The van der Waals surface area contributed by atoms with Gasteiger partial charge in [0.25, 0.3) is 0 Å². The zero-order valence-electron chi connectivity index (χ0n) is 18.2. The van der Waals surface area contributed by atoms with Crippen molar-refractivity contribution >= 4 is 52.4 Å². The van der Waals surface area contributed by atoms with Gasteiger partial charge in [0.15, 0.2) is 0 Å². The van der Waals surface area contributed by atoms with Crippen LogP contribution in [0.25, 0.3) is 22.2 Å². The standard InChI is InChI=1S/C24H24N8OS/c25-28-14-32(26)18-7-9-19(10-8-18)34-31-17-5-3-15(4-6-17)21-13-22(30-24(33)16-1-2-16)29-23-20(21)11-12-27-23/h3-14,16,31H,1-2,25-26H2,(H2,27,29,30,33)/b28-14-. The van der Waals surface area contributed by atoms with Gasteiger partial charge in [0, 0.05) is 28.1 Å². The Kier molecular flexibility index (Phi) is 6.07. The minimum atomic E-state index is 0.0423. The number of nitrogens with two attached hydrogens (primary N) is 2. The molecule has 4 aromatic rings. The lowest BCUT2D eigenvalue weighted by molar-refractivity contribution is -0.117. The summed E-state index contributed by atoms with van der Waals surface area (Å²) in [6, 6.07) is 19.8. The second-order valence-electron chi connectivity index (χ2n) is 8.01. The fourth-order valence-corrected chi connectivity index (χ4v) is 4.22. The van der Waals surface area contributed by atoms with Gasteiger partial charge in [0.1, 0.15) is 17.8 Å². The largest absolute Gasteiger partial charge is 0.346 e. The highest BCUT2D eigenvalue weighted by atomic mass is 32.2. The predicted molar refractivity (Wildman–Crippen MR) is 138 cm³/mol. The van der Waals surface area contributed by atoms with Gasteiger partial charge in [-0.3, -0.25) is 9.80 Å². The number of hydrazone groups is 1. The maximum atomic E-state index is 12.2. The van der Waals surface area contributed by atoms with E-state index in [0.717, 1.165) is 51.3 Å². The molecule has 9 nitrogen and oxygen atoms in total. The zero-order valence-corrected chi connectivity index (χ0v) is 19.0. The van der Waals surface area contributed by atoms with E-state index < -0.39 is 0 Å². The van der Waals surface area contributed by atoms with E-state index in [2.05, 4.69) is 37.2 Å². The van der Waals surface area contributed by atoms with Crippen molar-refractivity contribution in [1.29, 1.82) is 0 Å². The third kappa shape index (κ3) is 4.82. The highest BCUT2D eigenvalue weighted by Gasteiger charge is 2.30. The fourth-order valence-electron chi connectivity index (χ4n) is 3.57. The number of hydrogen-bond donors (Lipinski definition) is 5. The summed E-state index contributed by atoms with van der Waals surface area (Å²) in [5, 5.41) is 8.73. The molecule has 0 radical (unpaired) electrons. The third-order valence-corrected chi connectivity index (χ3v) is 6.38. The molecule has 0 aliphatic heterocycles. The molecule has 5 rings (SSSR count). The number of aromatic nitrogens is 2. The van der Waals surface area contributed by atoms with Crippen molar-refractivity contribution in [2.45, 2.75) is 17.7 Å². The van der Waals surface area contributed by atoms with E-state index >= 15 is 0 Å². The molecule has 34 heavy (non-hydrogen) atoms. The van der Waals surface area contributed by atoms with E-state index in [1.165, 1.54) is 23.3 Å². The van der Waals surface area contributed by atoms with Gasteiger partial charge in [-0.1, -0.05) is 12.1 Å². The Bertz CT molecular complexity index is 1330. The number of fused-ring (bicyclic) bond motifs is 1. The number of hydrogen-bond acceptors (Lipinski definition) is 7. The first-order valence-corrected chi connectivity index (χ1v) is 11.6. The van der Waals surface area contributed by atoms with Crippen molar-refractivity contribution in [3.05, 3.63) is 66.9 Å². The van der Waals surface area contributed by atoms with E-state index in [1.807, 2.05) is 54.7 Å². The van der Waals surface area contributed by atoms with Crippen LogP contribution in [0.2, 0.25) is 0 Å². The van der Waals surface area contributed by atoms with Crippen LogP contribution in [-0.2, 0) is 4.79 Å². The summed E-state index contributed by atoms with van der Waals surface area (Å²) in [7, 11) is 0. The first kappa shape index (κ1) is 21.8. The van der Waals surface area contributed by atoms with Crippen LogP contribution < -0.4 is 26.7 Å². The van der Waals surface area contributed by atoms with Gasteiger partial charge < -0.3 is 20.9 Å². The van der Waals surface area contributed by atoms with E-state index in [9.17, 15) is 4.79 Å². The van der Waals surface area contributed by atoms with Crippen LogP contribution in [0.5, 0.6) is 0 Å². The van der Waals surface area contributed by atoms with Crippen molar-refractivity contribution in [3.63, 3.8) is 0 Å². The van der Waals surface area contributed by atoms with Crippen LogP contribution in [-0.4, -0.2) is 22.2 Å². The summed E-state index contributed by atoms with van der Waals surface area (Å²) >= 11 is 1.50. The number of carbonyl (C=O) groups is 1. The number of benzene rings is 2. The Morgan fingerprint density at radius 3 is 2.62 bits per heavy atom. The van der Waals surface area contributed by atoms with Crippen LogP contribution in [0.15, 0.2) is 76.9 Å². The highest BCUT2D eigenvalue weighted by Crippen LogP contribution is 2.33. The minimum absolute atomic E-state index is 0.0423. The molecule has 0 atom stereocenters. The number of carbonyl (C=O) groups excluding carboxylic acids is 1. The summed E-state index contributed by atoms with van der Waals surface area (Å²) in [6.45, 7) is 0. The molecule has 2 heterocycles. The van der Waals surface area contributed by atoms with Gasteiger partial charge in [-0.25, -0.2) is 10.8 Å². The second-order valence-corrected chi connectivity index (χ2v) is 8.89. The van der Waals surface area contributed by atoms with Gasteiger partial charge in [-0.05, 0) is 84.4 Å². The van der Waals surface area contributed by atoms with Gasteiger partial charge in [-0.2, -0.15) is 5.10 Å². The summed E-state index contributed by atoms with van der Waals surface area (Å²) in [4.78, 5) is 21.0. The molecule has 2 aromatic carbocycles. The van der Waals surface area contributed by atoms with Gasteiger partial charge in [0.2, 0.25) is 5.91 Å². The van der Waals surface area contributed by atoms with Crippen molar-refractivity contribution in [2.24, 2.45) is 22.7 Å². The molecular weight excluding hydrogens is 448 g/mol. The van der Waals surface area contributed by atoms with Gasteiger partial charge in [0.05, 0.1) is 5.69 Å². The Labute approximate surface area is 200 Å². The molecule has 2 aromatic heterocycles. The molecule has 172 valence electrons. The van der Waals surface area contributed by atoms with Crippen LogP contribution in [0.3, 0.4) is 0 Å². The molecule has 10 heteroatoms. The number of nitrogens with zero attached hydrogens (tertiary/aromatic N) is 3. The summed E-state index contributed by atoms with van der Waals surface area (Å²) in [6.07, 6.45) is 5.11. The van der Waals surface area contributed by atoms with Crippen molar-refractivity contribution in [3.8, 4) is 11.1 Å². The number of H-pyrrole nitrogens is 1. The van der Waals surface area contributed by atoms with E-state index in [4.69, 9.17) is 11.7 Å². The van der Waals surface area contributed by atoms with Gasteiger partial charge in [-0.15, -0.1) is 0 Å². The number of amides is 1. The molecule has 1 saturated carbocycles. The second kappa shape index (κ2) is 9.46. The zero-order chi connectivity index (χ0) is 23.5. The molecule has 1 fully saturated rings. The number of anilines is 3. The SMILES string of the molecule is N/N=C\N(N)c1ccc(SNc2ccc(-c3cc(NC(=O)C4CC4)nc4[nH]ccc34)cc2)cc1. The van der Waals surface area contributed by atoms with Crippen LogP contribution in [0.1, 0.15) is 12.8 Å². The van der Waals surface area contributed by atoms with E-state index in [0.29, 0.717) is 5.82 Å². The predicted octanol–water partition coefficient (Wildman–Crippen LogP) is 4.28. The molecule has 7 N–H and O–H groups in total. The Balaban J connectivity index is 1.29. The smallest absolute Gasteiger partial charge is 0.228 e. The Morgan fingerprint density at radius 2 is 1.91 bits per heavy atom. The lowest BCUT2D eigenvalue weighted by Crippen LogP contribution is -2.29. The Hall–Kier alpha value is -4.02. The highest BCUT2D eigenvalue weighted by molar-refractivity contribution is 8.00. The number of hydrazine groups is 1. The number of nitrogens with one attached hydrogen (secondary N) is 3. The Morgan fingerprint density at radius 1 is 1.15 bits per heavy atom. The summed E-state index contributed by atoms with van der Waals surface area (Å²) in [5.41, 5.74) is 4.55.